The first-order valence-corrected chi connectivity index (χ1v) is 7.22. The van der Waals surface area contributed by atoms with Crippen molar-refractivity contribution >= 4 is 0 Å². The fourth-order valence-corrected chi connectivity index (χ4v) is 2.97. The lowest BCUT2D eigenvalue weighted by atomic mass is 9.95. The van der Waals surface area contributed by atoms with Gasteiger partial charge in [0.05, 0.1) is 6.20 Å². The molecule has 110 valence electrons. The van der Waals surface area contributed by atoms with Gasteiger partial charge in [0.1, 0.15) is 11.7 Å². The van der Waals surface area contributed by atoms with E-state index >= 15 is 0 Å². The van der Waals surface area contributed by atoms with E-state index in [1.54, 1.807) is 18.6 Å². The minimum Gasteiger partial charge on any atom is -0.337 e. The van der Waals surface area contributed by atoms with E-state index in [1.165, 1.54) is 6.42 Å². The molecule has 3 unspecified atom stereocenters. The standard InChI is InChI=1S/C13H17N7O/c1-2-14-6-8(1)9-5-10(19-18-9)13-17-12(20-21-13)11-7-15-3-4-16-11/h3-4,7-10,14,18-19H,1-2,5-6H2. The zero-order valence-electron chi connectivity index (χ0n) is 11.5. The highest BCUT2D eigenvalue weighted by Crippen LogP contribution is 2.27. The number of aromatic nitrogens is 4. The summed E-state index contributed by atoms with van der Waals surface area (Å²) in [5.74, 6) is 1.73. The second-order valence-corrected chi connectivity index (χ2v) is 5.48. The molecule has 4 heterocycles. The first kappa shape index (κ1) is 12.8. The third-order valence-corrected chi connectivity index (χ3v) is 4.13. The molecule has 21 heavy (non-hydrogen) atoms. The predicted octanol–water partition coefficient (Wildman–Crippen LogP) is 0.0437. The summed E-state index contributed by atoms with van der Waals surface area (Å²) in [5.41, 5.74) is 7.23. The van der Waals surface area contributed by atoms with E-state index in [9.17, 15) is 0 Å². The van der Waals surface area contributed by atoms with E-state index in [2.05, 4.69) is 36.3 Å². The average molecular weight is 287 g/mol. The van der Waals surface area contributed by atoms with Crippen LogP contribution in [0.2, 0.25) is 0 Å². The van der Waals surface area contributed by atoms with Crippen molar-refractivity contribution < 1.29 is 4.52 Å². The van der Waals surface area contributed by atoms with Gasteiger partial charge in [-0.15, -0.1) is 0 Å². The Morgan fingerprint density at radius 2 is 2.24 bits per heavy atom. The Balaban J connectivity index is 1.47. The summed E-state index contributed by atoms with van der Waals surface area (Å²) >= 11 is 0. The Morgan fingerprint density at radius 3 is 3.05 bits per heavy atom. The number of hydrogen-bond acceptors (Lipinski definition) is 8. The molecule has 2 aliphatic rings. The molecule has 8 heteroatoms. The van der Waals surface area contributed by atoms with Crippen LogP contribution in [0.5, 0.6) is 0 Å². The quantitative estimate of drug-likeness (QED) is 0.727. The molecule has 2 fully saturated rings. The second-order valence-electron chi connectivity index (χ2n) is 5.48. The molecule has 0 aromatic carbocycles. The maximum Gasteiger partial charge on any atom is 0.245 e. The van der Waals surface area contributed by atoms with Gasteiger partial charge in [0, 0.05) is 18.4 Å². The Kier molecular flexibility index (Phi) is 3.34. The topological polar surface area (TPSA) is 101 Å². The van der Waals surface area contributed by atoms with Crippen LogP contribution in [0.25, 0.3) is 11.5 Å². The van der Waals surface area contributed by atoms with Gasteiger partial charge in [-0.2, -0.15) is 4.98 Å². The zero-order valence-corrected chi connectivity index (χ0v) is 11.5. The molecule has 0 aliphatic carbocycles. The molecule has 0 spiro atoms. The molecule has 0 amide bonds. The third kappa shape index (κ3) is 2.53. The molecule has 2 aliphatic heterocycles. The van der Waals surface area contributed by atoms with Crippen LogP contribution in [0.15, 0.2) is 23.1 Å². The Labute approximate surface area is 121 Å². The van der Waals surface area contributed by atoms with Gasteiger partial charge < -0.3 is 9.84 Å². The van der Waals surface area contributed by atoms with Crippen LogP contribution in [0, 0.1) is 5.92 Å². The summed E-state index contributed by atoms with van der Waals surface area (Å²) in [6.07, 6.45) is 7.02. The van der Waals surface area contributed by atoms with Crippen LogP contribution in [-0.2, 0) is 0 Å². The Hall–Kier alpha value is -1.90. The fourth-order valence-electron chi connectivity index (χ4n) is 2.97. The van der Waals surface area contributed by atoms with E-state index in [1.807, 2.05) is 0 Å². The summed E-state index contributed by atoms with van der Waals surface area (Å²) in [6, 6.07) is 0.491. The highest BCUT2D eigenvalue weighted by atomic mass is 16.5. The van der Waals surface area contributed by atoms with Crippen LogP contribution in [0.3, 0.4) is 0 Å². The monoisotopic (exact) mass is 287 g/mol. The van der Waals surface area contributed by atoms with E-state index < -0.39 is 0 Å². The van der Waals surface area contributed by atoms with Crippen molar-refractivity contribution in [3.63, 3.8) is 0 Å². The maximum absolute atomic E-state index is 5.37. The molecule has 0 bridgehead atoms. The van der Waals surface area contributed by atoms with Crippen molar-refractivity contribution in [2.75, 3.05) is 13.1 Å². The van der Waals surface area contributed by atoms with Crippen molar-refractivity contribution in [2.24, 2.45) is 5.92 Å². The van der Waals surface area contributed by atoms with Crippen LogP contribution in [-0.4, -0.2) is 39.2 Å². The van der Waals surface area contributed by atoms with Gasteiger partial charge in [-0.05, 0) is 31.8 Å². The number of rotatable bonds is 3. The summed E-state index contributed by atoms with van der Waals surface area (Å²) in [7, 11) is 0. The maximum atomic E-state index is 5.37. The van der Waals surface area contributed by atoms with Gasteiger partial charge in [-0.25, -0.2) is 10.4 Å². The summed E-state index contributed by atoms with van der Waals surface area (Å²) in [5, 5.41) is 7.38. The molecule has 0 radical (unpaired) electrons. The SMILES string of the molecule is c1cnc(-c2noc(C3CC(C4CCNC4)NN3)n2)cn1. The lowest BCUT2D eigenvalue weighted by Crippen LogP contribution is -2.36. The van der Waals surface area contributed by atoms with Crippen molar-refractivity contribution in [1.29, 1.82) is 0 Å². The molecule has 4 rings (SSSR count). The van der Waals surface area contributed by atoms with Crippen molar-refractivity contribution in [1.82, 2.24) is 36.3 Å². The van der Waals surface area contributed by atoms with E-state index in [4.69, 9.17) is 4.52 Å². The minimum absolute atomic E-state index is 0.0496. The lowest BCUT2D eigenvalue weighted by molar-refractivity contribution is 0.339. The van der Waals surface area contributed by atoms with Crippen molar-refractivity contribution in [3.8, 4) is 11.5 Å². The highest BCUT2D eigenvalue weighted by Gasteiger charge is 2.35. The smallest absolute Gasteiger partial charge is 0.245 e. The number of nitrogens with zero attached hydrogens (tertiary/aromatic N) is 4. The Morgan fingerprint density at radius 1 is 1.24 bits per heavy atom. The van der Waals surface area contributed by atoms with Crippen LogP contribution in [0.1, 0.15) is 24.8 Å². The fraction of sp³-hybridized carbons (Fsp3) is 0.538. The molecule has 0 saturated carbocycles. The molecule has 8 nitrogen and oxygen atoms in total. The third-order valence-electron chi connectivity index (χ3n) is 4.13. The lowest BCUT2D eigenvalue weighted by Gasteiger charge is -2.15. The normalized spacial score (nSPS) is 29.0. The molecule has 2 saturated heterocycles. The highest BCUT2D eigenvalue weighted by molar-refractivity contribution is 5.45. The Bertz CT molecular complexity index is 596. The minimum atomic E-state index is 0.0496. The summed E-state index contributed by atoms with van der Waals surface area (Å²) in [4.78, 5) is 12.6. The molecular formula is C13H17N7O. The molecule has 2 aromatic heterocycles. The predicted molar refractivity (Wildman–Crippen MR) is 73.7 cm³/mol. The first-order valence-electron chi connectivity index (χ1n) is 7.22. The van der Waals surface area contributed by atoms with Crippen LogP contribution < -0.4 is 16.2 Å². The molecule has 3 atom stereocenters. The van der Waals surface area contributed by atoms with Gasteiger partial charge in [-0.1, -0.05) is 5.16 Å². The summed E-state index contributed by atoms with van der Waals surface area (Å²) in [6.45, 7) is 2.17. The van der Waals surface area contributed by atoms with Gasteiger partial charge in [0.25, 0.3) is 0 Å². The zero-order chi connectivity index (χ0) is 14.1. The van der Waals surface area contributed by atoms with E-state index in [-0.39, 0.29) is 6.04 Å². The number of nitrogens with one attached hydrogen (secondary N) is 3. The molecular weight excluding hydrogens is 270 g/mol. The van der Waals surface area contributed by atoms with Gasteiger partial charge in [0.15, 0.2) is 0 Å². The number of hydrazine groups is 1. The first-order chi connectivity index (χ1) is 10.4. The van der Waals surface area contributed by atoms with Gasteiger partial charge in [0.2, 0.25) is 11.7 Å². The van der Waals surface area contributed by atoms with E-state index in [0.29, 0.717) is 29.4 Å². The van der Waals surface area contributed by atoms with Crippen LogP contribution in [0.4, 0.5) is 0 Å². The van der Waals surface area contributed by atoms with Crippen molar-refractivity contribution in [2.45, 2.75) is 24.9 Å². The van der Waals surface area contributed by atoms with Crippen LogP contribution >= 0.6 is 0 Å². The van der Waals surface area contributed by atoms with Crippen molar-refractivity contribution in [3.05, 3.63) is 24.5 Å². The largest absolute Gasteiger partial charge is 0.337 e. The van der Waals surface area contributed by atoms with Gasteiger partial charge >= 0.3 is 0 Å². The second kappa shape index (κ2) is 5.47. The average Bonchev–Trinajstić information content (AvgIpc) is 3.27. The molecule has 3 N–H and O–H groups in total. The molecule has 2 aromatic rings. The van der Waals surface area contributed by atoms with E-state index in [0.717, 1.165) is 19.5 Å². The number of hydrogen-bond donors (Lipinski definition) is 3. The van der Waals surface area contributed by atoms with Gasteiger partial charge in [-0.3, -0.25) is 10.4 Å². The summed E-state index contributed by atoms with van der Waals surface area (Å²) < 4.78 is 5.37.